The van der Waals surface area contributed by atoms with E-state index in [0.29, 0.717) is 23.1 Å². The molecule has 0 spiro atoms. The lowest BCUT2D eigenvalue weighted by Crippen LogP contribution is -2.30. The standard InChI is InChI=1S/C19H23ClN2O5S/c1-5-26-17-10-9-15(12-18(17)28(24,25)22(3)4)21-19(23)13(2)27-16-8-6-7-14(20)11-16/h6-13H,5H2,1-4H3,(H,21,23)/t13-/m1/s1. The highest BCUT2D eigenvalue weighted by atomic mass is 35.5. The number of hydrogen-bond acceptors (Lipinski definition) is 5. The minimum absolute atomic E-state index is 0.0273. The van der Waals surface area contributed by atoms with E-state index in [0.717, 1.165) is 4.31 Å². The first-order valence-electron chi connectivity index (χ1n) is 8.57. The molecule has 9 heteroatoms. The lowest BCUT2D eigenvalue weighted by atomic mass is 10.2. The smallest absolute Gasteiger partial charge is 0.265 e. The van der Waals surface area contributed by atoms with Crippen LogP contribution < -0.4 is 14.8 Å². The highest BCUT2D eigenvalue weighted by Gasteiger charge is 2.24. The van der Waals surface area contributed by atoms with Gasteiger partial charge in [0.15, 0.2) is 6.10 Å². The summed E-state index contributed by atoms with van der Waals surface area (Å²) in [6.07, 6.45) is -0.820. The van der Waals surface area contributed by atoms with Crippen molar-refractivity contribution >= 4 is 33.2 Å². The fourth-order valence-corrected chi connectivity index (χ4v) is 3.53. The predicted octanol–water partition coefficient (Wildman–Crippen LogP) is 3.40. The topological polar surface area (TPSA) is 84.9 Å². The zero-order valence-corrected chi connectivity index (χ0v) is 17.7. The van der Waals surface area contributed by atoms with Gasteiger partial charge in [0.05, 0.1) is 6.61 Å². The number of amides is 1. The Labute approximate surface area is 170 Å². The van der Waals surface area contributed by atoms with E-state index in [1.54, 1.807) is 44.2 Å². The van der Waals surface area contributed by atoms with E-state index in [4.69, 9.17) is 21.1 Å². The summed E-state index contributed by atoms with van der Waals surface area (Å²) in [7, 11) is -0.895. The Kier molecular flexibility index (Phi) is 7.29. The van der Waals surface area contributed by atoms with Gasteiger partial charge in [0.25, 0.3) is 5.91 Å². The number of hydrogen-bond donors (Lipinski definition) is 1. The lowest BCUT2D eigenvalue weighted by Gasteiger charge is -2.18. The van der Waals surface area contributed by atoms with Crippen LogP contribution in [0.15, 0.2) is 47.4 Å². The first-order valence-corrected chi connectivity index (χ1v) is 10.4. The second-order valence-electron chi connectivity index (χ2n) is 6.09. The second kappa shape index (κ2) is 9.27. The number of rotatable bonds is 8. The molecule has 0 aliphatic rings. The van der Waals surface area contributed by atoms with Crippen LogP contribution in [0.25, 0.3) is 0 Å². The van der Waals surface area contributed by atoms with Crippen LogP contribution in [-0.4, -0.2) is 45.4 Å². The Bertz CT molecular complexity index is 947. The number of carbonyl (C=O) groups is 1. The molecule has 0 aromatic heterocycles. The van der Waals surface area contributed by atoms with E-state index in [1.165, 1.54) is 26.2 Å². The van der Waals surface area contributed by atoms with Crippen molar-refractivity contribution < 1.29 is 22.7 Å². The van der Waals surface area contributed by atoms with Gasteiger partial charge in [-0.05, 0) is 50.2 Å². The predicted molar refractivity (Wildman–Crippen MR) is 109 cm³/mol. The lowest BCUT2D eigenvalue weighted by molar-refractivity contribution is -0.122. The number of nitrogens with one attached hydrogen (secondary N) is 1. The van der Waals surface area contributed by atoms with Gasteiger partial charge in [-0.1, -0.05) is 17.7 Å². The maximum Gasteiger partial charge on any atom is 0.265 e. The van der Waals surface area contributed by atoms with Gasteiger partial charge in [0.1, 0.15) is 16.4 Å². The van der Waals surface area contributed by atoms with Crippen LogP contribution in [-0.2, 0) is 14.8 Å². The number of anilines is 1. The largest absolute Gasteiger partial charge is 0.492 e. The second-order valence-corrected chi connectivity index (χ2v) is 8.65. The molecule has 152 valence electrons. The summed E-state index contributed by atoms with van der Waals surface area (Å²) in [5.74, 6) is 0.243. The van der Waals surface area contributed by atoms with Gasteiger partial charge < -0.3 is 14.8 Å². The summed E-state index contributed by atoms with van der Waals surface area (Å²) in [4.78, 5) is 12.4. The Morgan fingerprint density at radius 3 is 2.54 bits per heavy atom. The van der Waals surface area contributed by atoms with E-state index >= 15 is 0 Å². The number of nitrogens with zero attached hydrogens (tertiary/aromatic N) is 1. The molecule has 2 rings (SSSR count). The summed E-state index contributed by atoms with van der Waals surface area (Å²) in [6.45, 7) is 3.66. The van der Waals surface area contributed by atoms with Crippen molar-refractivity contribution in [1.29, 1.82) is 0 Å². The molecule has 7 nitrogen and oxygen atoms in total. The van der Waals surface area contributed by atoms with Crippen molar-refractivity contribution in [3.8, 4) is 11.5 Å². The fourth-order valence-electron chi connectivity index (χ4n) is 2.30. The molecule has 0 radical (unpaired) electrons. The molecule has 0 saturated heterocycles. The quantitative estimate of drug-likeness (QED) is 0.699. The van der Waals surface area contributed by atoms with E-state index in [1.807, 2.05) is 0 Å². The van der Waals surface area contributed by atoms with Crippen molar-refractivity contribution in [2.75, 3.05) is 26.0 Å². The molecule has 1 amide bonds. The molecular weight excluding hydrogens is 404 g/mol. The first kappa shape index (κ1) is 22.0. The molecule has 0 heterocycles. The molecule has 0 aliphatic heterocycles. The minimum Gasteiger partial charge on any atom is -0.492 e. The average Bonchev–Trinajstić information content (AvgIpc) is 2.62. The highest BCUT2D eigenvalue weighted by Crippen LogP contribution is 2.29. The molecule has 28 heavy (non-hydrogen) atoms. The summed E-state index contributed by atoms with van der Waals surface area (Å²) in [6, 6.07) is 11.2. The molecule has 1 atom stereocenters. The Balaban J connectivity index is 2.22. The highest BCUT2D eigenvalue weighted by molar-refractivity contribution is 7.89. The van der Waals surface area contributed by atoms with Crippen molar-refractivity contribution in [2.45, 2.75) is 24.8 Å². The molecule has 0 unspecified atom stereocenters. The summed E-state index contributed by atoms with van der Waals surface area (Å²) < 4.78 is 37.2. The third-order valence-electron chi connectivity index (χ3n) is 3.75. The molecule has 1 N–H and O–H groups in total. The van der Waals surface area contributed by atoms with E-state index < -0.39 is 22.0 Å². The van der Waals surface area contributed by atoms with E-state index in [9.17, 15) is 13.2 Å². The van der Waals surface area contributed by atoms with Crippen molar-refractivity contribution in [2.24, 2.45) is 0 Å². The molecule has 0 saturated carbocycles. The van der Waals surface area contributed by atoms with Crippen LogP contribution in [0.5, 0.6) is 11.5 Å². The van der Waals surface area contributed by atoms with Crippen LogP contribution >= 0.6 is 11.6 Å². The van der Waals surface area contributed by atoms with Gasteiger partial charge in [-0.25, -0.2) is 12.7 Å². The van der Waals surface area contributed by atoms with Gasteiger partial charge in [0.2, 0.25) is 10.0 Å². The molecule has 2 aromatic rings. The summed E-state index contributed by atoms with van der Waals surface area (Å²) in [5, 5.41) is 3.16. The normalized spacial score (nSPS) is 12.5. The molecule has 0 fully saturated rings. The molecule has 2 aromatic carbocycles. The van der Waals surface area contributed by atoms with Crippen LogP contribution in [0.2, 0.25) is 5.02 Å². The van der Waals surface area contributed by atoms with E-state index in [2.05, 4.69) is 5.32 Å². The molecule has 0 bridgehead atoms. The zero-order chi connectivity index (χ0) is 20.9. The van der Waals surface area contributed by atoms with Gasteiger partial charge in [-0.15, -0.1) is 0 Å². The van der Waals surface area contributed by atoms with Crippen molar-refractivity contribution in [1.82, 2.24) is 4.31 Å². The first-order chi connectivity index (χ1) is 13.1. The van der Waals surface area contributed by atoms with Crippen LogP contribution in [0.4, 0.5) is 5.69 Å². The number of halogens is 1. The maximum absolute atomic E-state index is 12.6. The van der Waals surface area contributed by atoms with Crippen molar-refractivity contribution in [3.63, 3.8) is 0 Å². The minimum atomic E-state index is -3.75. The molecule has 0 aliphatic carbocycles. The zero-order valence-electron chi connectivity index (χ0n) is 16.1. The Hall–Kier alpha value is -2.29. The number of ether oxygens (including phenoxy) is 2. The van der Waals surface area contributed by atoms with Crippen LogP contribution in [0.1, 0.15) is 13.8 Å². The summed E-state index contributed by atoms with van der Waals surface area (Å²) >= 11 is 5.91. The van der Waals surface area contributed by atoms with Gasteiger partial charge in [0, 0.05) is 24.8 Å². The summed E-state index contributed by atoms with van der Waals surface area (Å²) in [5.41, 5.74) is 0.315. The third kappa shape index (κ3) is 5.37. The van der Waals surface area contributed by atoms with Gasteiger partial charge in [-0.3, -0.25) is 4.79 Å². The SMILES string of the molecule is CCOc1ccc(NC(=O)[C@@H](C)Oc2cccc(Cl)c2)cc1S(=O)(=O)N(C)C. The number of carbonyl (C=O) groups excluding carboxylic acids is 1. The third-order valence-corrected chi connectivity index (χ3v) is 5.82. The van der Waals surface area contributed by atoms with Gasteiger partial charge in [-0.2, -0.15) is 0 Å². The molecular formula is C19H23ClN2O5S. The number of sulfonamides is 1. The average molecular weight is 427 g/mol. The maximum atomic E-state index is 12.6. The van der Waals surface area contributed by atoms with Crippen molar-refractivity contribution in [3.05, 3.63) is 47.5 Å². The fraction of sp³-hybridized carbons (Fsp3) is 0.316. The van der Waals surface area contributed by atoms with Gasteiger partial charge >= 0.3 is 0 Å². The number of benzene rings is 2. The monoisotopic (exact) mass is 426 g/mol. The van der Waals surface area contributed by atoms with Crippen LogP contribution in [0.3, 0.4) is 0 Å². The van der Waals surface area contributed by atoms with E-state index in [-0.39, 0.29) is 10.6 Å². The van der Waals surface area contributed by atoms with Crippen LogP contribution in [0, 0.1) is 0 Å². The Morgan fingerprint density at radius 2 is 1.93 bits per heavy atom. The Morgan fingerprint density at radius 1 is 1.21 bits per heavy atom.